The molecular weight excluding hydrogens is 369 g/mol. The van der Waals surface area contributed by atoms with Gasteiger partial charge >= 0.3 is 0 Å². The Kier molecular flexibility index (Phi) is 4.09. The molecule has 0 aliphatic rings. The number of fused-ring (bicyclic) bond motifs is 2. The Morgan fingerprint density at radius 2 is 1.97 bits per heavy atom. The lowest BCUT2D eigenvalue weighted by atomic mass is 10.0. The fourth-order valence-electron chi connectivity index (χ4n) is 3.37. The number of aromatic amines is 1. The largest absolute Gasteiger partial charge is 0.360 e. The Balaban J connectivity index is 1.64. The average Bonchev–Trinajstić information content (AvgIpc) is 3.23. The molecule has 2 N–H and O–H groups in total. The molecule has 5 rings (SSSR count). The smallest absolute Gasteiger partial charge is 0.182 e. The molecule has 0 aliphatic heterocycles. The molecule has 0 bridgehead atoms. The molecule has 0 saturated carbocycles. The maximum Gasteiger partial charge on any atom is 0.182 e. The first-order valence-corrected chi connectivity index (χ1v) is 9.11. The second-order valence-electron chi connectivity index (χ2n) is 6.66. The molecule has 0 radical (unpaired) electrons. The minimum atomic E-state index is -0.298. The normalized spacial score (nSPS) is 12.3. The first-order valence-electron chi connectivity index (χ1n) is 9.11. The van der Waals surface area contributed by atoms with Gasteiger partial charge in [0.2, 0.25) is 0 Å². The third-order valence-electron chi connectivity index (χ3n) is 4.73. The molecule has 5 aromatic rings. The van der Waals surface area contributed by atoms with Gasteiger partial charge in [-0.05, 0) is 43.3 Å². The quantitative estimate of drug-likeness (QED) is 0.480. The Morgan fingerprint density at radius 3 is 2.83 bits per heavy atom. The van der Waals surface area contributed by atoms with E-state index in [0.29, 0.717) is 17.0 Å². The standard InChI is InChI=1S/C21H16FN7/c1-12(28-21-19-20(25-10-24-19)26-11-27-21)18-15(17-4-2-3-7-23-17)9-13-8-14(22)5-6-16(13)29-18/h2-12H,1H3,(H2,24,25,26,27,28)/t12-/m1/s1. The Bertz CT molecular complexity index is 1320. The molecule has 4 heterocycles. The molecule has 1 atom stereocenters. The molecule has 8 heteroatoms. The van der Waals surface area contributed by atoms with Crippen molar-refractivity contribution >= 4 is 27.9 Å². The molecule has 0 spiro atoms. The SMILES string of the molecule is C[C@@H](Nc1ncnc2nc[nH]c12)c1nc2ccc(F)cc2cc1-c1ccccn1. The lowest BCUT2D eigenvalue weighted by molar-refractivity contribution is 0.629. The number of imidazole rings is 1. The molecule has 0 fully saturated rings. The zero-order chi connectivity index (χ0) is 19.8. The zero-order valence-corrected chi connectivity index (χ0v) is 15.5. The summed E-state index contributed by atoms with van der Waals surface area (Å²) in [7, 11) is 0. The van der Waals surface area contributed by atoms with Crippen molar-refractivity contribution in [2.75, 3.05) is 5.32 Å². The number of benzene rings is 1. The maximum atomic E-state index is 13.8. The molecule has 4 aromatic heterocycles. The number of nitrogens with one attached hydrogen (secondary N) is 2. The van der Waals surface area contributed by atoms with E-state index in [1.807, 2.05) is 31.2 Å². The van der Waals surface area contributed by atoms with E-state index >= 15 is 0 Å². The van der Waals surface area contributed by atoms with Gasteiger partial charge in [-0.25, -0.2) is 24.3 Å². The summed E-state index contributed by atoms with van der Waals surface area (Å²) in [5, 5.41) is 4.11. The van der Waals surface area contributed by atoms with Gasteiger partial charge < -0.3 is 10.3 Å². The minimum Gasteiger partial charge on any atom is -0.360 e. The second kappa shape index (κ2) is 6.90. The highest BCUT2D eigenvalue weighted by Gasteiger charge is 2.18. The molecular formula is C21H16FN7. The van der Waals surface area contributed by atoms with E-state index in [-0.39, 0.29) is 11.9 Å². The molecule has 29 heavy (non-hydrogen) atoms. The number of pyridine rings is 2. The summed E-state index contributed by atoms with van der Waals surface area (Å²) in [5.41, 5.74) is 4.41. The summed E-state index contributed by atoms with van der Waals surface area (Å²) in [6, 6.07) is 12.0. The number of H-pyrrole nitrogens is 1. The lowest BCUT2D eigenvalue weighted by Gasteiger charge is -2.18. The first-order chi connectivity index (χ1) is 14.2. The van der Waals surface area contributed by atoms with Crippen molar-refractivity contribution in [3.05, 3.63) is 72.8 Å². The predicted octanol–water partition coefficient (Wildman–Crippen LogP) is 4.28. The third kappa shape index (κ3) is 3.14. The summed E-state index contributed by atoms with van der Waals surface area (Å²) in [6.07, 6.45) is 4.78. The van der Waals surface area contributed by atoms with Crippen LogP contribution in [0.2, 0.25) is 0 Å². The van der Waals surface area contributed by atoms with Crippen molar-refractivity contribution < 1.29 is 4.39 Å². The topological polar surface area (TPSA) is 92.3 Å². The van der Waals surface area contributed by atoms with E-state index in [1.54, 1.807) is 18.6 Å². The van der Waals surface area contributed by atoms with E-state index in [2.05, 4.69) is 30.2 Å². The molecule has 1 aromatic carbocycles. The maximum absolute atomic E-state index is 13.8. The predicted molar refractivity (Wildman–Crippen MR) is 109 cm³/mol. The number of hydrogen-bond donors (Lipinski definition) is 2. The van der Waals surface area contributed by atoms with Gasteiger partial charge in [0, 0.05) is 17.1 Å². The van der Waals surface area contributed by atoms with Gasteiger partial charge in [0.25, 0.3) is 0 Å². The van der Waals surface area contributed by atoms with Gasteiger partial charge in [0.05, 0.1) is 29.3 Å². The van der Waals surface area contributed by atoms with Crippen LogP contribution in [0.25, 0.3) is 33.3 Å². The summed E-state index contributed by atoms with van der Waals surface area (Å²) >= 11 is 0. The van der Waals surface area contributed by atoms with Crippen LogP contribution in [0.3, 0.4) is 0 Å². The highest BCUT2D eigenvalue weighted by molar-refractivity contribution is 5.85. The average molecular weight is 385 g/mol. The van der Waals surface area contributed by atoms with Gasteiger partial charge in [-0.2, -0.15) is 0 Å². The highest BCUT2D eigenvalue weighted by atomic mass is 19.1. The number of hydrogen-bond acceptors (Lipinski definition) is 6. The number of aromatic nitrogens is 6. The van der Waals surface area contributed by atoms with Crippen molar-refractivity contribution in [2.45, 2.75) is 13.0 Å². The summed E-state index contributed by atoms with van der Waals surface area (Å²) in [4.78, 5) is 25.0. The monoisotopic (exact) mass is 385 g/mol. The van der Waals surface area contributed by atoms with Crippen molar-refractivity contribution in [3.8, 4) is 11.3 Å². The fourth-order valence-corrected chi connectivity index (χ4v) is 3.37. The van der Waals surface area contributed by atoms with Crippen LogP contribution in [0, 0.1) is 5.82 Å². The Morgan fingerprint density at radius 1 is 1.03 bits per heavy atom. The molecule has 7 nitrogen and oxygen atoms in total. The van der Waals surface area contributed by atoms with Crippen molar-refractivity contribution in [1.82, 2.24) is 29.9 Å². The Labute approximate surface area is 165 Å². The summed E-state index contributed by atoms with van der Waals surface area (Å²) in [6.45, 7) is 1.99. The summed E-state index contributed by atoms with van der Waals surface area (Å²) in [5.74, 6) is 0.334. The van der Waals surface area contributed by atoms with Crippen LogP contribution >= 0.6 is 0 Å². The van der Waals surface area contributed by atoms with Crippen LogP contribution in [0.1, 0.15) is 18.7 Å². The van der Waals surface area contributed by atoms with Crippen molar-refractivity contribution in [2.24, 2.45) is 0 Å². The van der Waals surface area contributed by atoms with Crippen LogP contribution < -0.4 is 5.32 Å². The van der Waals surface area contributed by atoms with E-state index < -0.39 is 0 Å². The summed E-state index contributed by atoms with van der Waals surface area (Å²) < 4.78 is 13.8. The number of rotatable bonds is 4. The molecule has 0 amide bonds. The Hall–Kier alpha value is -3.94. The third-order valence-corrected chi connectivity index (χ3v) is 4.73. The van der Waals surface area contributed by atoms with Crippen LogP contribution in [0.5, 0.6) is 0 Å². The van der Waals surface area contributed by atoms with Gasteiger partial charge in [0.15, 0.2) is 11.5 Å². The number of anilines is 1. The minimum absolute atomic E-state index is 0.206. The van der Waals surface area contributed by atoms with Gasteiger partial charge in [-0.15, -0.1) is 0 Å². The van der Waals surface area contributed by atoms with Crippen LogP contribution in [-0.2, 0) is 0 Å². The van der Waals surface area contributed by atoms with Crippen molar-refractivity contribution in [3.63, 3.8) is 0 Å². The molecule has 0 aliphatic carbocycles. The zero-order valence-electron chi connectivity index (χ0n) is 15.5. The second-order valence-corrected chi connectivity index (χ2v) is 6.66. The van der Waals surface area contributed by atoms with E-state index in [1.165, 1.54) is 18.5 Å². The molecule has 0 unspecified atom stereocenters. The fraction of sp³-hybridized carbons (Fsp3) is 0.0952. The number of nitrogens with zero attached hydrogens (tertiary/aromatic N) is 5. The van der Waals surface area contributed by atoms with E-state index in [9.17, 15) is 4.39 Å². The van der Waals surface area contributed by atoms with Gasteiger partial charge in [-0.3, -0.25) is 4.98 Å². The van der Waals surface area contributed by atoms with Gasteiger partial charge in [0.1, 0.15) is 17.7 Å². The number of halogens is 1. The molecule has 0 saturated heterocycles. The van der Waals surface area contributed by atoms with Crippen molar-refractivity contribution in [1.29, 1.82) is 0 Å². The van der Waals surface area contributed by atoms with Crippen LogP contribution in [0.15, 0.2) is 61.3 Å². The first kappa shape index (κ1) is 17.2. The van der Waals surface area contributed by atoms with E-state index in [4.69, 9.17) is 4.98 Å². The van der Waals surface area contributed by atoms with E-state index in [0.717, 1.165) is 27.9 Å². The highest BCUT2D eigenvalue weighted by Crippen LogP contribution is 2.31. The molecule has 142 valence electrons. The van der Waals surface area contributed by atoms with Crippen LogP contribution in [-0.4, -0.2) is 29.9 Å². The lowest BCUT2D eigenvalue weighted by Crippen LogP contribution is -2.12. The van der Waals surface area contributed by atoms with Gasteiger partial charge in [-0.1, -0.05) is 6.07 Å². The van der Waals surface area contributed by atoms with Crippen LogP contribution in [0.4, 0.5) is 10.2 Å².